The molecule has 0 radical (unpaired) electrons. The van der Waals surface area contributed by atoms with E-state index in [0.717, 1.165) is 25.9 Å². The SMILES string of the molecule is CC(Oc1ccc(Cl)c(Cl)c1)C(=O)N1CCC(C(C)N)CC1.Cl. The van der Waals surface area contributed by atoms with E-state index < -0.39 is 6.10 Å². The number of amides is 1. The highest BCUT2D eigenvalue weighted by Gasteiger charge is 2.28. The molecule has 1 saturated heterocycles. The Hall–Kier alpha value is -0.680. The van der Waals surface area contributed by atoms with Crippen molar-refractivity contribution in [1.82, 2.24) is 4.90 Å². The second-order valence-corrected chi connectivity index (χ2v) is 6.67. The fraction of sp³-hybridized carbons (Fsp3) is 0.562. The van der Waals surface area contributed by atoms with Gasteiger partial charge in [0.05, 0.1) is 10.0 Å². The van der Waals surface area contributed by atoms with Crippen LogP contribution in [0.3, 0.4) is 0 Å². The zero-order chi connectivity index (χ0) is 16.3. The van der Waals surface area contributed by atoms with Gasteiger partial charge < -0.3 is 15.4 Å². The van der Waals surface area contributed by atoms with Crippen LogP contribution in [-0.4, -0.2) is 36.0 Å². The maximum Gasteiger partial charge on any atom is 0.263 e. The van der Waals surface area contributed by atoms with Gasteiger partial charge in [-0.3, -0.25) is 4.79 Å². The summed E-state index contributed by atoms with van der Waals surface area (Å²) < 4.78 is 5.68. The molecule has 1 aromatic rings. The van der Waals surface area contributed by atoms with E-state index in [9.17, 15) is 4.79 Å². The zero-order valence-corrected chi connectivity index (χ0v) is 15.6. The lowest BCUT2D eigenvalue weighted by atomic mass is 9.91. The lowest BCUT2D eigenvalue weighted by Crippen LogP contribution is -2.46. The molecule has 1 aliphatic heterocycles. The van der Waals surface area contributed by atoms with Crippen LogP contribution in [0.2, 0.25) is 10.0 Å². The molecule has 23 heavy (non-hydrogen) atoms. The number of carbonyl (C=O) groups is 1. The van der Waals surface area contributed by atoms with Crippen molar-refractivity contribution in [1.29, 1.82) is 0 Å². The van der Waals surface area contributed by atoms with Crippen molar-refractivity contribution in [3.05, 3.63) is 28.2 Å². The highest BCUT2D eigenvalue weighted by atomic mass is 35.5. The molecule has 4 nitrogen and oxygen atoms in total. The topological polar surface area (TPSA) is 55.6 Å². The summed E-state index contributed by atoms with van der Waals surface area (Å²) in [7, 11) is 0. The number of nitrogens with zero attached hydrogens (tertiary/aromatic N) is 1. The van der Waals surface area contributed by atoms with Crippen LogP contribution in [0.5, 0.6) is 5.75 Å². The smallest absolute Gasteiger partial charge is 0.263 e. The summed E-state index contributed by atoms with van der Waals surface area (Å²) in [6.07, 6.45) is 1.34. The van der Waals surface area contributed by atoms with Gasteiger partial charge in [0.2, 0.25) is 0 Å². The molecule has 7 heteroatoms. The Morgan fingerprint density at radius 2 is 1.87 bits per heavy atom. The number of nitrogens with two attached hydrogens (primary N) is 1. The largest absolute Gasteiger partial charge is 0.481 e. The van der Waals surface area contributed by atoms with E-state index in [1.165, 1.54) is 0 Å². The molecule has 1 fully saturated rings. The molecule has 0 bridgehead atoms. The number of hydrogen-bond acceptors (Lipinski definition) is 3. The van der Waals surface area contributed by atoms with E-state index in [-0.39, 0.29) is 24.4 Å². The quantitative estimate of drug-likeness (QED) is 0.863. The van der Waals surface area contributed by atoms with Crippen LogP contribution < -0.4 is 10.5 Å². The lowest BCUT2D eigenvalue weighted by Gasteiger charge is -2.35. The minimum absolute atomic E-state index is 0. The molecule has 0 saturated carbocycles. The van der Waals surface area contributed by atoms with Crippen molar-refractivity contribution in [3.8, 4) is 5.75 Å². The van der Waals surface area contributed by atoms with Gasteiger partial charge in [-0.1, -0.05) is 23.2 Å². The van der Waals surface area contributed by atoms with Crippen LogP contribution in [0.4, 0.5) is 0 Å². The van der Waals surface area contributed by atoms with Gasteiger partial charge in [-0.15, -0.1) is 12.4 Å². The molecule has 0 aliphatic carbocycles. The van der Waals surface area contributed by atoms with E-state index in [0.29, 0.717) is 21.7 Å². The van der Waals surface area contributed by atoms with Gasteiger partial charge in [-0.2, -0.15) is 0 Å². The third-order valence-corrected chi connectivity index (χ3v) is 4.89. The fourth-order valence-corrected chi connectivity index (χ4v) is 3.00. The van der Waals surface area contributed by atoms with E-state index >= 15 is 0 Å². The summed E-state index contributed by atoms with van der Waals surface area (Å²) in [5.74, 6) is 1.03. The number of ether oxygens (including phenoxy) is 1. The van der Waals surface area contributed by atoms with Crippen LogP contribution in [0.1, 0.15) is 26.7 Å². The molecule has 2 rings (SSSR count). The van der Waals surface area contributed by atoms with Crippen LogP contribution in [-0.2, 0) is 4.79 Å². The van der Waals surface area contributed by atoms with Crippen molar-refractivity contribution in [2.24, 2.45) is 11.7 Å². The van der Waals surface area contributed by atoms with Gasteiger partial charge in [0.1, 0.15) is 5.75 Å². The zero-order valence-electron chi connectivity index (χ0n) is 13.3. The molecule has 130 valence electrons. The monoisotopic (exact) mass is 380 g/mol. The van der Waals surface area contributed by atoms with Gasteiger partial charge in [-0.25, -0.2) is 0 Å². The summed E-state index contributed by atoms with van der Waals surface area (Å²) in [5, 5.41) is 0.877. The van der Waals surface area contributed by atoms with Crippen LogP contribution in [0.25, 0.3) is 0 Å². The minimum Gasteiger partial charge on any atom is -0.481 e. The number of carbonyl (C=O) groups excluding carboxylic acids is 1. The van der Waals surface area contributed by atoms with Crippen LogP contribution >= 0.6 is 35.6 Å². The van der Waals surface area contributed by atoms with Crippen LogP contribution in [0.15, 0.2) is 18.2 Å². The average Bonchev–Trinajstić information content (AvgIpc) is 2.50. The number of hydrogen-bond donors (Lipinski definition) is 1. The fourth-order valence-electron chi connectivity index (χ4n) is 2.71. The molecule has 2 unspecified atom stereocenters. The molecule has 2 N–H and O–H groups in total. The third kappa shape index (κ3) is 5.42. The number of halogens is 3. The first-order chi connectivity index (χ1) is 10.4. The van der Waals surface area contributed by atoms with Gasteiger partial charge in [0.15, 0.2) is 6.10 Å². The van der Waals surface area contributed by atoms with Crippen molar-refractivity contribution < 1.29 is 9.53 Å². The van der Waals surface area contributed by atoms with Gasteiger partial charge in [0.25, 0.3) is 5.91 Å². The van der Waals surface area contributed by atoms with Gasteiger partial charge in [-0.05, 0) is 44.7 Å². The summed E-state index contributed by atoms with van der Waals surface area (Å²) in [4.78, 5) is 14.3. The Kier molecular flexibility index (Phi) is 7.95. The lowest BCUT2D eigenvalue weighted by molar-refractivity contribution is -0.139. The van der Waals surface area contributed by atoms with Crippen molar-refractivity contribution in [3.63, 3.8) is 0 Å². The molecular formula is C16H23Cl3N2O2. The Morgan fingerprint density at radius 3 is 2.39 bits per heavy atom. The Morgan fingerprint density at radius 1 is 1.26 bits per heavy atom. The van der Waals surface area contributed by atoms with Crippen molar-refractivity contribution in [2.75, 3.05) is 13.1 Å². The minimum atomic E-state index is -0.552. The van der Waals surface area contributed by atoms with E-state index in [1.807, 2.05) is 11.8 Å². The Balaban J connectivity index is 0.00000264. The first-order valence-electron chi connectivity index (χ1n) is 7.54. The predicted octanol–water partition coefficient (Wildman–Crippen LogP) is 3.77. The molecule has 0 aromatic heterocycles. The molecule has 2 atom stereocenters. The summed E-state index contributed by atoms with van der Waals surface area (Å²) >= 11 is 11.8. The van der Waals surface area contributed by atoms with Crippen molar-refractivity contribution >= 4 is 41.5 Å². The van der Waals surface area contributed by atoms with E-state index in [2.05, 4.69) is 0 Å². The molecule has 0 spiro atoms. The Bertz CT molecular complexity index is 532. The van der Waals surface area contributed by atoms with Gasteiger partial charge >= 0.3 is 0 Å². The second kappa shape index (κ2) is 8.97. The maximum absolute atomic E-state index is 12.4. The highest BCUT2D eigenvalue weighted by molar-refractivity contribution is 6.42. The normalized spacial score (nSPS) is 18.0. The number of benzene rings is 1. The summed E-state index contributed by atoms with van der Waals surface area (Å²) in [6, 6.07) is 5.17. The number of likely N-dealkylation sites (tertiary alicyclic amines) is 1. The first kappa shape index (κ1) is 20.4. The first-order valence-corrected chi connectivity index (χ1v) is 8.30. The maximum atomic E-state index is 12.4. The predicted molar refractivity (Wildman–Crippen MR) is 96.8 cm³/mol. The molecular weight excluding hydrogens is 359 g/mol. The number of rotatable bonds is 4. The molecule has 1 heterocycles. The third-order valence-electron chi connectivity index (χ3n) is 4.15. The highest BCUT2D eigenvalue weighted by Crippen LogP contribution is 2.27. The van der Waals surface area contributed by atoms with Crippen LogP contribution in [0, 0.1) is 5.92 Å². The Labute approximate surface area is 153 Å². The second-order valence-electron chi connectivity index (χ2n) is 5.86. The van der Waals surface area contributed by atoms with E-state index in [4.69, 9.17) is 33.7 Å². The van der Waals surface area contributed by atoms with E-state index in [1.54, 1.807) is 25.1 Å². The number of piperidine rings is 1. The molecule has 1 amide bonds. The van der Waals surface area contributed by atoms with Crippen molar-refractivity contribution in [2.45, 2.75) is 38.8 Å². The van der Waals surface area contributed by atoms with Gasteiger partial charge in [0, 0.05) is 25.2 Å². The standard InChI is InChI=1S/C16H22Cl2N2O2.ClH/c1-10(19)12-5-7-20(8-6-12)16(21)11(2)22-13-3-4-14(17)15(18)9-13;/h3-4,9-12H,5-8,19H2,1-2H3;1H. The summed E-state index contributed by atoms with van der Waals surface area (Å²) in [5.41, 5.74) is 5.93. The summed E-state index contributed by atoms with van der Waals surface area (Å²) in [6.45, 7) is 5.25. The molecule has 1 aromatic carbocycles. The molecule has 1 aliphatic rings. The average molecular weight is 382 g/mol.